The average molecular weight is 447 g/mol. The fourth-order valence-corrected chi connectivity index (χ4v) is 5.41. The number of carbonyl (C=O) groups is 2. The van der Waals surface area contributed by atoms with E-state index in [1.54, 1.807) is 11.3 Å². The summed E-state index contributed by atoms with van der Waals surface area (Å²) in [5.74, 6) is 0.239. The number of aromatic nitrogens is 1. The van der Waals surface area contributed by atoms with Crippen LogP contribution in [0.2, 0.25) is 5.02 Å². The number of nitrogens with one attached hydrogen (secondary N) is 1. The molecule has 2 heterocycles. The van der Waals surface area contributed by atoms with Crippen LogP contribution in [0.25, 0.3) is 0 Å². The van der Waals surface area contributed by atoms with Crippen molar-refractivity contribution in [3.63, 3.8) is 0 Å². The van der Waals surface area contributed by atoms with Gasteiger partial charge in [0.15, 0.2) is 5.13 Å². The molecule has 6 nitrogen and oxygen atoms in total. The number of halogens is 1. The van der Waals surface area contributed by atoms with Crippen molar-refractivity contribution in [3.05, 3.63) is 39.4 Å². The van der Waals surface area contributed by atoms with Gasteiger partial charge in [-0.2, -0.15) is 0 Å². The quantitative estimate of drug-likeness (QED) is 0.773. The molecule has 1 atom stereocenters. The smallest absolute Gasteiger partial charge is 0.227 e. The van der Waals surface area contributed by atoms with E-state index < -0.39 is 0 Å². The van der Waals surface area contributed by atoms with E-state index in [9.17, 15) is 9.59 Å². The lowest BCUT2D eigenvalue weighted by Gasteiger charge is -2.34. The number of hydrogen-bond donors (Lipinski definition) is 1. The molecule has 0 bridgehead atoms. The maximum atomic E-state index is 12.8. The number of fused-ring (bicyclic) bond motifs is 1. The minimum atomic E-state index is -0.0409. The monoisotopic (exact) mass is 446 g/mol. The van der Waals surface area contributed by atoms with E-state index in [1.165, 1.54) is 4.88 Å². The molecule has 1 aromatic carbocycles. The van der Waals surface area contributed by atoms with Gasteiger partial charge < -0.3 is 15.1 Å². The van der Waals surface area contributed by atoms with Crippen molar-refractivity contribution in [1.82, 2.24) is 9.88 Å². The zero-order valence-corrected chi connectivity index (χ0v) is 19.0. The summed E-state index contributed by atoms with van der Waals surface area (Å²) in [6, 6.07) is 5.56. The highest BCUT2D eigenvalue weighted by molar-refractivity contribution is 7.15. The fourth-order valence-electron chi connectivity index (χ4n) is 4.06. The third-order valence-corrected chi connectivity index (χ3v) is 7.53. The molecular weight excluding hydrogens is 420 g/mol. The number of hydrogen-bond acceptors (Lipinski definition) is 5. The zero-order chi connectivity index (χ0) is 21.3. The van der Waals surface area contributed by atoms with Gasteiger partial charge in [0.05, 0.1) is 5.69 Å². The van der Waals surface area contributed by atoms with Crippen molar-refractivity contribution in [2.45, 2.75) is 39.5 Å². The number of aryl methyl sites for hydroxylation is 2. The van der Waals surface area contributed by atoms with Crippen LogP contribution in [-0.4, -0.2) is 47.9 Å². The Labute approximate surface area is 186 Å². The van der Waals surface area contributed by atoms with Crippen molar-refractivity contribution < 1.29 is 9.59 Å². The highest BCUT2D eigenvalue weighted by Crippen LogP contribution is 2.35. The Hall–Kier alpha value is -2.12. The lowest BCUT2D eigenvalue weighted by Crippen LogP contribution is -2.48. The summed E-state index contributed by atoms with van der Waals surface area (Å²) in [5.41, 5.74) is 2.87. The molecule has 0 radical (unpaired) electrons. The number of anilines is 2. The number of rotatable bonds is 4. The molecule has 4 rings (SSSR count). The Morgan fingerprint density at radius 3 is 2.73 bits per heavy atom. The van der Waals surface area contributed by atoms with Crippen LogP contribution in [0.15, 0.2) is 18.2 Å². The van der Waals surface area contributed by atoms with Gasteiger partial charge in [0.25, 0.3) is 0 Å². The van der Waals surface area contributed by atoms with E-state index in [0.29, 0.717) is 11.4 Å². The predicted molar refractivity (Wildman–Crippen MR) is 122 cm³/mol. The molecular formula is C22H27ClN4O2S. The standard InChI is InChI=1S/C22H27ClN4O2S/c1-3-20(28)26-8-10-27(11-9-26)22-25-18-7-4-15(13-19(18)30-22)21(29)24-16-5-6-17(23)14(2)12-16/h5-6,12,15H,3-4,7-11,13H2,1-2H3,(H,24,29). The molecule has 0 saturated carbocycles. The Morgan fingerprint density at radius 2 is 2.03 bits per heavy atom. The molecule has 0 spiro atoms. The number of nitrogens with zero attached hydrogens (tertiary/aromatic N) is 3. The van der Waals surface area contributed by atoms with Gasteiger partial charge in [-0.25, -0.2) is 4.98 Å². The van der Waals surface area contributed by atoms with Gasteiger partial charge in [0, 0.05) is 54.1 Å². The number of amides is 2. The van der Waals surface area contributed by atoms with Crippen LogP contribution in [0.4, 0.5) is 10.8 Å². The first-order valence-electron chi connectivity index (χ1n) is 10.5. The first-order valence-corrected chi connectivity index (χ1v) is 11.7. The van der Waals surface area contributed by atoms with Crippen LogP contribution >= 0.6 is 22.9 Å². The maximum absolute atomic E-state index is 12.8. The lowest BCUT2D eigenvalue weighted by atomic mass is 9.90. The van der Waals surface area contributed by atoms with Crippen molar-refractivity contribution in [3.8, 4) is 0 Å². The van der Waals surface area contributed by atoms with Crippen LogP contribution in [-0.2, 0) is 22.4 Å². The molecule has 1 aliphatic carbocycles. The molecule has 1 unspecified atom stereocenters. The molecule has 8 heteroatoms. The Morgan fingerprint density at radius 1 is 1.27 bits per heavy atom. The number of thiazole rings is 1. The Kier molecular flexibility index (Phi) is 6.29. The second-order valence-corrected chi connectivity index (χ2v) is 9.45. The summed E-state index contributed by atoms with van der Waals surface area (Å²) in [7, 11) is 0. The first-order chi connectivity index (χ1) is 14.4. The van der Waals surface area contributed by atoms with Gasteiger partial charge in [0.2, 0.25) is 11.8 Å². The van der Waals surface area contributed by atoms with Gasteiger partial charge in [-0.3, -0.25) is 9.59 Å². The van der Waals surface area contributed by atoms with E-state index >= 15 is 0 Å². The Bertz CT molecular complexity index is 953. The van der Waals surface area contributed by atoms with Crippen molar-refractivity contribution >= 4 is 45.6 Å². The van der Waals surface area contributed by atoms with E-state index in [2.05, 4.69) is 10.2 Å². The molecule has 1 N–H and O–H groups in total. The summed E-state index contributed by atoms with van der Waals surface area (Å²) in [4.78, 5) is 35.0. The highest BCUT2D eigenvalue weighted by atomic mass is 35.5. The second-order valence-electron chi connectivity index (χ2n) is 7.98. The van der Waals surface area contributed by atoms with E-state index in [0.717, 1.165) is 67.5 Å². The number of carbonyl (C=O) groups excluding carboxylic acids is 2. The molecule has 160 valence electrons. The lowest BCUT2D eigenvalue weighted by molar-refractivity contribution is -0.131. The normalized spacial score (nSPS) is 18.8. The maximum Gasteiger partial charge on any atom is 0.227 e. The molecule has 2 aromatic rings. The van der Waals surface area contributed by atoms with Crippen LogP contribution in [0.1, 0.15) is 35.9 Å². The van der Waals surface area contributed by atoms with Crippen molar-refractivity contribution in [2.75, 3.05) is 36.4 Å². The molecule has 1 aromatic heterocycles. The minimum absolute atomic E-state index is 0.0409. The van der Waals surface area contributed by atoms with Crippen LogP contribution in [0.3, 0.4) is 0 Å². The summed E-state index contributed by atoms with van der Waals surface area (Å²) in [5, 5.41) is 4.77. The molecule has 30 heavy (non-hydrogen) atoms. The van der Waals surface area contributed by atoms with Crippen molar-refractivity contribution in [2.24, 2.45) is 5.92 Å². The summed E-state index contributed by atoms with van der Waals surface area (Å²) >= 11 is 7.78. The van der Waals surface area contributed by atoms with Gasteiger partial charge in [-0.15, -0.1) is 11.3 Å². The third-order valence-electron chi connectivity index (χ3n) is 5.93. The van der Waals surface area contributed by atoms with Gasteiger partial charge >= 0.3 is 0 Å². The largest absolute Gasteiger partial charge is 0.345 e. The van der Waals surface area contributed by atoms with Crippen LogP contribution < -0.4 is 10.2 Å². The minimum Gasteiger partial charge on any atom is -0.345 e. The average Bonchev–Trinajstić information content (AvgIpc) is 3.19. The number of benzene rings is 1. The SMILES string of the molecule is CCC(=O)N1CCN(c2nc3c(s2)CC(C(=O)Nc2ccc(Cl)c(C)c2)CC3)CC1. The Balaban J connectivity index is 1.37. The van der Waals surface area contributed by atoms with Crippen molar-refractivity contribution in [1.29, 1.82) is 0 Å². The zero-order valence-electron chi connectivity index (χ0n) is 17.4. The summed E-state index contributed by atoms with van der Waals surface area (Å²) in [6.45, 7) is 6.98. The van der Waals surface area contributed by atoms with Gasteiger partial charge in [-0.1, -0.05) is 18.5 Å². The van der Waals surface area contributed by atoms with E-state index in [-0.39, 0.29) is 17.7 Å². The molecule has 2 aliphatic rings. The van der Waals surface area contributed by atoms with Gasteiger partial charge in [0.1, 0.15) is 0 Å². The molecule has 2 amide bonds. The number of piperazine rings is 1. The second kappa shape index (κ2) is 8.94. The molecule has 1 fully saturated rings. The van der Waals surface area contributed by atoms with E-state index in [4.69, 9.17) is 16.6 Å². The molecule has 1 aliphatic heterocycles. The first kappa shape index (κ1) is 21.1. The topological polar surface area (TPSA) is 65.5 Å². The van der Waals surface area contributed by atoms with Gasteiger partial charge in [-0.05, 0) is 49.9 Å². The highest BCUT2D eigenvalue weighted by Gasteiger charge is 2.29. The van der Waals surface area contributed by atoms with E-state index in [1.807, 2.05) is 36.9 Å². The fraction of sp³-hybridized carbons (Fsp3) is 0.500. The van der Waals surface area contributed by atoms with Crippen LogP contribution in [0.5, 0.6) is 0 Å². The predicted octanol–water partition coefficient (Wildman–Crippen LogP) is 3.91. The van der Waals surface area contributed by atoms with Crippen LogP contribution in [0, 0.1) is 12.8 Å². The summed E-state index contributed by atoms with van der Waals surface area (Å²) in [6.07, 6.45) is 2.94. The summed E-state index contributed by atoms with van der Waals surface area (Å²) < 4.78 is 0. The third kappa shape index (κ3) is 4.47. The molecule has 1 saturated heterocycles.